The Hall–Kier alpha value is -0.120. The molecule has 3 nitrogen and oxygen atoms in total. The second-order valence-corrected chi connectivity index (χ2v) is 3.32. The number of aliphatic hydroxyl groups is 1. The maximum absolute atomic E-state index is 9.37. The molecule has 0 spiro atoms. The summed E-state index contributed by atoms with van der Waals surface area (Å²) >= 11 is 0. The van der Waals surface area contributed by atoms with Gasteiger partial charge in [-0.25, -0.2) is 0 Å². The van der Waals surface area contributed by atoms with Crippen LogP contribution in [0.1, 0.15) is 0 Å². The predicted molar refractivity (Wildman–Crippen MR) is 36.7 cm³/mol. The number of hydrogen-bond donors (Lipinski definition) is 1. The quantitative estimate of drug-likeness (QED) is 0.487. The fourth-order valence-electron chi connectivity index (χ4n) is 1.89. The van der Waals surface area contributed by atoms with Gasteiger partial charge in [0.2, 0.25) is 0 Å². The summed E-state index contributed by atoms with van der Waals surface area (Å²) < 4.78 is 5.37. The van der Waals surface area contributed by atoms with Gasteiger partial charge in [0.25, 0.3) is 0 Å². The summed E-state index contributed by atoms with van der Waals surface area (Å²) in [7, 11) is 2.06. The third-order valence-corrected chi connectivity index (χ3v) is 2.47. The van der Waals surface area contributed by atoms with E-state index < -0.39 is 0 Å². The second kappa shape index (κ2) is 2.19. The molecule has 2 aliphatic heterocycles. The molecular weight excluding hydrogens is 130 g/mol. The van der Waals surface area contributed by atoms with Gasteiger partial charge in [0.1, 0.15) is 0 Å². The van der Waals surface area contributed by atoms with E-state index in [1.807, 2.05) is 0 Å². The molecule has 1 N–H and O–H groups in total. The van der Waals surface area contributed by atoms with Crippen LogP contribution < -0.4 is 0 Å². The Morgan fingerprint density at radius 3 is 3.00 bits per heavy atom. The molecule has 10 heavy (non-hydrogen) atoms. The summed E-state index contributed by atoms with van der Waals surface area (Å²) in [4.78, 5) is 2.21. The van der Waals surface area contributed by atoms with Crippen molar-refractivity contribution in [3.8, 4) is 0 Å². The van der Waals surface area contributed by atoms with Crippen LogP contribution in [-0.2, 0) is 4.74 Å². The van der Waals surface area contributed by atoms with E-state index in [1.165, 1.54) is 0 Å². The maximum Gasteiger partial charge on any atom is 0.0839 e. The van der Waals surface area contributed by atoms with Crippen molar-refractivity contribution in [2.75, 3.05) is 26.7 Å². The van der Waals surface area contributed by atoms with Crippen molar-refractivity contribution >= 4 is 0 Å². The zero-order valence-electron chi connectivity index (χ0n) is 6.16. The molecule has 2 heterocycles. The predicted octanol–water partition coefficient (Wildman–Crippen LogP) is -0.692. The molecule has 2 unspecified atom stereocenters. The average molecular weight is 143 g/mol. The Balaban J connectivity index is 2.05. The van der Waals surface area contributed by atoms with Crippen LogP contribution in [0.3, 0.4) is 0 Å². The van der Waals surface area contributed by atoms with Crippen LogP contribution in [0.4, 0.5) is 0 Å². The van der Waals surface area contributed by atoms with Crippen molar-refractivity contribution < 1.29 is 9.84 Å². The molecule has 3 atom stereocenters. The molecule has 0 aromatic carbocycles. The van der Waals surface area contributed by atoms with Gasteiger partial charge in [-0.1, -0.05) is 0 Å². The lowest BCUT2D eigenvalue weighted by Crippen LogP contribution is -2.23. The highest BCUT2D eigenvalue weighted by atomic mass is 16.5. The molecule has 0 saturated carbocycles. The van der Waals surface area contributed by atoms with Crippen LogP contribution in [0.5, 0.6) is 0 Å². The number of rotatable bonds is 0. The monoisotopic (exact) mass is 143 g/mol. The summed E-state index contributed by atoms with van der Waals surface area (Å²) in [6.45, 7) is 2.52. The minimum Gasteiger partial charge on any atom is -0.390 e. The normalized spacial score (nSPS) is 48.0. The van der Waals surface area contributed by atoms with Gasteiger partial charge in [-0.05, 0) is 7.05 Å². The first-order valence-electron chi connectivity index (χ1n) is 3.75. The van der Waals surface area contributed by atoms with Crippen LogP contribution in [0, 0.1) is 5.92 Å². The number of ether oxygens (including phenoxy) is 1. The molecule has 2 saturated heterocycles. The number of nitrogens with zero attached hydrogens (tertiary/aromatic N) is 1. The summed E-state index contributed by atoms with van der Waals surface area (Å²) in [6, 6.07) is 0. The van der Waals surface area contributed by atoms with Gasteiger partial charge in [0.15, 0.2) is 0 Å². The molecule has 0 aromatic heterocycles. The Labute approximate surface area is 60.6 Å². The van der Waals surface area contributed by atoms with E-state index in [-0.39, 0.29) is 6.10 Å². The third-order valence-electron chi connectivity index (χ3n) is 2.47. The van der Waals surface area contributed by atoms with E-state index in [9.17, 15) is 5.11 Å². The van der Waals surface area contributed by atoms with E-state index in [0.29, 0.717) is 18.6 Å². The zero-order valence-corrected chi connectivity index (χ0v) is 6.16. The first-order valence-corrected chi connectivity index (χ1v) is 3.75. The van der Waals surface area contributed by atoms with Gasteiger partial charge in [-0.2, -0.15) is 0 Å². The fourth-order valence-corrected chi connectivity index (χ4v) is 1.89. The number of hydrogen-bond acceptors (Lipinski definition) is 3. The average Bonchev–Trinajstić information content (AvgIpc) is 2.35. The molecule has 0 bridgehead atoms. The molecular formula is C7H13NO2. The van der Waals surface area contributed by atoms with Crippen LogP contribution in [-0.4, -0.2) is 49.0 Å². The topological polar surface area (TPSA) is 32.7 Å². The highest BCUT2D eigenvalue weighted by Crippen LogP contribution is 2.27. The summed E-state index contributed by atoms with van der Waals surface area (Å²) in [5, 5.41) is 9.37. The SMILES string of the molecule is CN1CC2OC[C@@H](O)C2C1. The molecule has 0 radical (unpaired) electrons. The van der Waals surface area contributed by atoms with Crippen molar-refractivity contribution in [1.29, 1.82) is 0 Å². The number of aliphatic hydroxyl groups excluding tert-OH is 1. The molecule has 2 rings (SSSR count). The highest BCUT2D eigenvalue weighted by molar-refractivity contribution is 4.92. The van der Waals surface area contributed by atoms with E-state index in [0.717, 1.165) is 13.1 Å². The van der Waals surface area contributed by atoms with Gasteiger partial charge < -0.3 is 14.7 Å². The molecule has 2 aliphatic rings. The number of likely N-dealkylation sites (N-methyl/N-ethyl adjacent to an activating group) is 1. The lowest BCUT2D eigenvalue weighted by atomic mass is 10.0. The van der Waals surface area contributed by atoms with E-state index in [1.54, 1.807) is 0 Å². The Morgan fingerprint density at radius 1 is 1.50 bits per heavy atom. The van der Waals surface area contributed by atoms with Gasteiger partial charge in [-0.3, -0.25) is 0 Å². The second-order valence-electron chi connectivity index (χ2n) is 3.32. The van der Waals surface area contributed by atoms with Crippen LogP contribution in [0.25, 0.3) is 0 Å². The van der Waals surface area contributed by atoms with E-state index in [2.05, 4.69) is 11.9 Å². The Morgan fingerprint density at radius 2 is 2.30 bits per heavy atom. The summed E-state index contributed by atoms with van der Waals surface area (Å²) in [6.07, 6.45) is 0.0925. The third kappa shape index (κ3) is 0.856. The van der Waals surface area contributed by atoms with E-state index >= 15 is 0 Å². The minimum atomic E-state index is -0.213. The van der Waals surface area contributed by atoms with Crippen LogP contribution >= 0.6 is 0 Å². The lowest BCUT2D eigenvalue weighted by Gasteiger charge is -2.10. The van der Waals surface area contributed by atoms with E-state index in [4.69, 9.17) is 4.74 Å². The standard InChI is InChI=1S/C7H13NO2/c1-8-2-5-6(9)4-10-7(5)3-8/h5-7,9H,2-4H2,1H3/t5?,6-,7?/m1/s1. The van der Waals surface area contributed by atoms with Crippen LogP contribution in [0.2, 0.25) is 0 Å². The first-order chi connectivity index (χ1) is 4.77. The smallest absolute Gasteiger partial charge is 0.0839 e. The fraction of sp³-hybridized carbons (Fsp3) is 1.00. The van der Waals surface area contributed by atoms with Crippen molar-refractivity contribution in [3.63, 3.8) is 0 Å². The minimum absolute atomic E-state index is 0.213. The lowest BCUT2D eigenvalue weighted by molar-refractivity contribution is 0.0777. The van der Waals surface area contributed by atoms with Crippen molar-refractivity contribution in [2.45, 2.75) is 12.2 Å². The van der Waals surface area contributed by atoms with Gasteiger partial charge in [0, 0.05) is 19.0 Å². The van der Waals surface area contributed by atoms with Gasteiger partial charge in [0.05, 0.1) is 18.8 Å². The molecule has 0 amide bonds. The summed E-state index contributed by atoms with van der Waals surface area (Å²) in [5.41, 5.74) is 0. The van der Waals surface area contributed by atoms with Crippen molar-refractivity contribution in [1.82, 2.24) is 4.90 Å². The Bertz CT molecular complexity index is 140. The van der Waals surface area contributed by atoms with Gasteiger partial charge >= 0.3 is 0 Å². The molecule has 3 heteroatoms. The molecule has 58 valence electrons. The maximum atomic E-state index is 9.37. The van der Waals surface area contributed by atoms with Crippen molar-refractivity contribution in [2.24, 2.45) is 5.92 Å². The van der Waals surface area contributed by atoms with Gasteiger partial charge in [-0.15, -0.1) is 0 Å². The first kappa shape index (κ1) is 6.58. The molecule has 2 fully saturated rings. The summed E-state index contributed by atoms with van der Waals surface area (Å²) in [5.74, 6) is 0.380. The number of fused-ring (bicyclic) bond motifs is 1. The highest BCUT2D eigenvalue weighted by Gasteiger charge is 2.41. The molecule has 0 aliphatic carbocycles. The van der Waals surface area contributed by atoms with Crippen LogP contribution in [0.15, 0.2) is 0 Å². The zero-order chi connectivity index (χ0) is 7.14. The van der Waals surface area contributed by atoms with Crippen molar-refractivity contribution in [3.05, 3.63) is 0 Å². The molecule has 0 aromatic rings. The largest absolute Gasteiger partial charge is 0.390 e. The number of likely N-dealkylation sites (tertiary alicyclic amines) is 1. The Kier molecular flexibility index (Phi) is 1.44.